The first-order valence-electron chi connectivity index (χ1n) is 4.03. The summed E-state index contributed by atoms with van der Waals surface area (Å²) in [7, 11) is 1.51. The highest BCUT2D eigenvalue weighted by Crippen LogP contribution is 2.15. The van der Waals surface area contributed by atoms with Crippen LogP contribution < -0.4 is 10.6 Å². The number of amides is 2. The van der Waals surface area contributed by atoms with E-state index in [0.29, 0.717) is 5.56 Å². The fraction of sp³-hybridized carbons (Fsp3) is 0.222. The first kappa shape index (κ1) is 11.0. The number of carbonyl (C=O) groups is 1. The van der Waals surface area contributed by atoms with Gasteiger partial charge in [0.1, 0.15) is 5.82 Å². The summed E-state index contributed by atoms with van der Waals surface area (Å²) in [6.45, 7) is 0.172. The Morgan fingerprint density at radius 3 is 2.93 bits per heavy atom. The Kier molecular flexibility index (Phi) is 3.88. The van der Waals surface area contributed by atoms with E-state index < -0.39 is 0 Å². The third-order valence-corrected chi connectivity index (χ3v) is 2.17. The maximum Gasteiger partial charge on any atom is 0.314 e. The number of benzene rings is 1. The molecule has 0 radical (unpaired) electrons. The van der Waals surface area contributed by atoms with Crippen molar-refractivity contribution in [2.24, 2.45) is 0 Å². The molecule has 76 valence electrons. The molecule has 1 aromatic rings. The van der Waals surface area contributed by atoms with E-state index in [9.17, 15) is 9.18 Å². The summed E-state index contributed by atoms with van der Waals surface area (Å²) in [4.78, 5) is 10.8. The Bertz CT molecular complexity index is 344. The fourth-order valence-electron chi connectivity index (χ4n) is 0.943. The molecule has 0 aromatic heterocycles. The average Bonchev–Trinajstić information content (AvgIpc) is 2.19. The molecule has 0 aliphatic rings. The van der Waals surface area contributed by atoms with Crippen LogP contribution in [0, 0.1) is 5.82 Å². The van der Waals surface area contributed by atoms with Gasteiger partial charge in [0.15, 0.2) is 0 Å². The van der Waals surface area contributed by atoms with E-state index in [1.165, 1.54) is 13.1 Å². The zero-order valence-corrected chi connectivity index (χ0v) is 9.19. The van der Waals surface area contributed by atoms with Gasteiger partial charge in [0, 0.05) is 23.6 Å². The number of rotatable bonds is 2. The number of carbonyl (C=O) groups excluding carboxylic acids is 1. The van der Waals surface area contributed by atoms with E-state index in [4.69, 9.17) is 0 Å². The number of hydrogen-bond donors (Lipinski definition) is 2. The third kappa shape index (κ3) is 2.99. The van der Waals surface area contributed by atoms with Crippen molar-refractivity contribution < 1.29 is 9.18 Å². The summed E-state index contributed by atoms with van der Waals surface area (Å²) in [6, 6.07) is 4.26. The fourth-order valence-corrected chi connectivity index (χ4v) is 1.35. The predicted molar refractivity (Wildman–Crippen MR) is 55.4 cm³/mol. The highest BCUT2D eigenvalue weighted by molar-refractivity contribution is 9.10. The van der Waals surface area contributed by atoms with Crippen molar-refractivity contribution in [1.29, 1.82) is 0 Å². The van der Waals surface area contributed by atoms with Gasteiger partial charge < -0.3 is 10.6 Å². The Morgan fingerprint density at radius 2 is 2.29 bits per heavy atom. The molecule has 1 aromatic carbocycles. The molecule has 0 unspecified atom stereocenters. The number of nitrogens with one attached hydrogen (secondary N) is 2. The van der Waals surface area contributed by atoms with E-state index in [1.807, 2.05) is 0 Å². The summed E-state index contributed by atoms with van der Waals surface area (Å²) in [5.74, 6) is -0.329. The number of urea groups is 1. The second kappa shape index (κ2) is 4.95. The van der Waals surface area contributed by atoms with Crippen LogP contribution in [-0.2, 0) is 6.54 Å². The summed E-state index contributed by atoms with van der Waals surface area (Å²) in [6.07, 6.45) is 0. The highest BCUT2D eigenvalue weighted by Gasteiger charge is 2.03. The summed E-state index contributed by atoms with van der Waals surface area (Å²) in [5.41, 5.74) is 0.447. The Balaban J connectivity index is 2.66. The lowest BCUT2D eigenvalue weighted by Crippen LogP contribution is -2.32. The van der Waals surface area contributed by atoms with Crippen LogP contribution in [0.3, 0.4) is 0 Å². The topological polar surface area (TPSA) is 41.1 Å². The summed E-state index contributed by atoms with van der Waals surface area (Å²) < 4.78 is 13.9. The van der Waals surface area contributed by atoms with Crippen LogP contribution >= 0.6 is 15.9 Å². The SMILES string of the molecule is CNC(=O)NCc1cc(Br)ccc1F. The van der Waals surface area contributed by atoms with Crippen LogP contribution in [0.5, 0.6) is 0 Å². The molecular weight excluding hydrogens is 251 g/mol. The van der Waals surface area contributed by atoms with Gasteiger partial charge in [-0.05, 0) is 18.2 Å². The molecule has 0 aliphatic carbocycles. The lowest BCUT2D eigenvalue weighted by Gasteiger charge is -2.05. The molecular formula is C9H10BrFN2O. The number of halogens is 2. The zero-order valence-electron chi connectivity index (χ0n) is 7.60. The van der Waals surface area contributed by atoms with E-state index in [-0.39, 0.29) is 18.4 Å². The van der Waals surface area contributed by atoms with Gasteiger partial charge in [-0.15, -0.1) is 0 Å². The summed E-state index contributed by atoms with van der Waals surface area (Å²) in [5, 5.41) is 4.89. The van der Waals surface area contributed by atoms with Crippen LogP contribution in [0.1, 0.15) is 5.56 Å². The molecule has 3 nitrogen and oxygen atoms in total. The van der Waals surface area contributed by atoms with Crippen LogP contribution in [0.15, 0.2) is 22.7 Å². The van der Waals surface area contributed by atoms with Gasteiger partial charge in [-0.2, -0.15) is 0 Å². The molecule has 0 saturated heterocycles. The van der Waals surface area contributed by atoms with Gasteiger partial charge in [-0.3, -0.25) is 0 Å². The Hall–Kier alpha value is -1.10. The van der Waals surface area contributed by atoms with Gasteiger partial charge >= 0.3 is 6.03 Å². The van der Waals surface area contributed by atoms with Gasteiger partial charge in [0.05, 0.1) is 0 Å². The van der Waals surface area contributed by atoms with E-state index >= 15 is 0 Å². The predicted octanol–water partition coefficient (Wildman–Crippen LogP) is 2.02. The average molecular weight is 261 g/mol. The molecule has 0 atom stereocenters. The molecule has 0 fully saturated rings. The maximum atomic E-state index is 13.1. The first-order valence-corrected chi connectivity index (χ1v) is 4.82. The minimum Gasteiger partial charge on any atom is -0.341 e. The summed E-state index contributed by atoms with van der Waals surface area (Å²) >= 11 is 3.23. The van der Waals surface area contributed by atoms with Crippen molar-refractivity contribution in [3.8, 4) is 0 Å². The smallest absolute Gasteiger partial charge is 0.314 e. The molecule has 0 saturated carbocycles. The normalized spacial score (nSPS) is 9.64. The van der Waals surface area contributed by atoms with E-state index in [2.05, 4.69) is 26.6 Å². The third-order valence-electron chi connectivity index (χ3n) is 1.67. The molecule has 0 heterocycles. The van der Waals surface area contributed by atoms with E-state index in [0.717, 1.165) is 4.47 Å². The lowest BCUT2D eigenvalue weighted by atomic mass is 10.2. The van der Waals surface area contributed by atoms with Crippen molar-refractivity contribution in [3.05, 3.63) is 34.1 Å². The molecule has 1 rings (SSSR count). The van der Waals surface area contributed by atoms with Crippen LogP contribution in [0.4, 0.5) is 9.18 Å². The minimum atomic E-state index is -0.329. The zero-order chi connectivity index (χ0) is 10.6. The second-order valence-corrected chi connectivity index (χ2v) is 3.58. The van der Waals surface area contributed by atoms with Gasteiger partial charge in [0.25, 0.3) is 0 Å². The largest absolute Gasteiger partial charge is 0.341 e. The Morgan fingerprint density at radius 1 is 1.57 bits per heavy atom. The van der Waals surface area contributed by atoms with Crippen molar-refractivity contribution in [2.45, 2.75) is 6.54 Å². The highest BCUT2D eigenvalue weighted by atomic mass is 79.9. The molecule has 0 bridgehead atoms. The van der Waals surface area contributed by atoms with Crippen molar-refractivity contribution in [3.63, 3.8) is 0 Å². The van der Waals surface area contributed by atoms with Gasteiger partial charge in [-0.25, -0.2) is 9.18 Å². The molecule has 2 N–H and O–H groups in total. The monoisotopic (exact) mass is 260 g/mol. The quantitative estimate of drug-likeness (QED) is 0.840. The number of hydrogen-bond acceptors (Lipinski definition) is 1. The lowest BCUT2D eigenvalue weighted by molar-refractivity contribution is 0.242. The Labute approximate surface area is 89.8 Å². The molecule has 0 aliphatic heterocycles. The standard InChI is InChI=1S/C9H10BrFN2O/c1-12-9(14)13-5-6-4-7(10)2-3-8(6)11/h2-4H,5H2,1H3,(H2,12,13,14). The van der Waals surface area contributed by atoms with Crippen molar-refractivity contribution in [1.82, 2.24) is 10.6 Å². The van der Waals surface area contributed by atoms with E-state index in [1.54, 1.807) is 12.1 Å². The second-order valence-electron chi connectivity index (χ2n) is 2.67. The van der Waals surface area contributed by atoms with Crippen molar-refractivity contribution >= 4 is 22.0 Å². The maximum absolute atomic E-state index is 13.1. The first-order chi connectivity index (χ1) is 6.63. The molecule has 5 heteroatoms. The van der Waals surface area contributed by atoms with Crippen LogP contribution in [0.25, 0.3) is 0 Å². The minimum absolute atomic E-state index is 0.172. The molecule has 2 amide bonds. The van der Waals surface area contributed by atoms with Crippen LogP contribution in [0.2, 0.25) is 0 Å². The van der Waals surface area contributed by atoms with Crippen LogP contribution in [-0.4, -0.2) is 13.1 Å². The molecule has 0 spiro atoms. The molecule has 14 heavy (non-hydrogen) atoms. The van der Waals surface area contributed by atoms with Gasteiger partial charge in [0.2, 0.25) is 0 Å². The van der Waals surface area contributed by atoms with Gasteiger partial charge in [-0.1, -0.05) is 15.9 Å². The van der Waals surface area contributed by atoms with Crippen molar-refractivity contribution in [2.75, 3.05) is 7.05 Å².